The molecule has 3 rings (SSSR count). The van der Waals surface area contributed by atoms with Gasteiger partial charge in [0.25, 0.3) is 0 Å². The number of aromatic nitrogens is 1. The Morgan fingerprint density at radius 3 is 2.45 bits per heavy atom. The van der Waals surface area contributed by atoms with Crippen LogP contribution in [-0.4, -0.2) is 65.9 Å². The lowest BCUT2D eigenvalue weighted by Crippen LogP contribution is -2.53. The molecule has 2 amide bonds. The van der Waals surface area contributed by atoms with Crippen molar-refractivity contribution in [3.05, 3.63) is 22.8 Å². The Kier molecular flexibility index (Phi) is 6.55. The quantitative estimate of drug-likeness (QED) is 0.736. The SMILES string of the molecule is CCC(=O)N1CCCC(C(=O)N2CCN(c3ncc(C(F)(F)F)cc3Cl)CC2)C1. The van der Waals surface area contributed by atoms with E-state index in [2.05, 4.69) is 4.98 Å². The molecule has 0 aliphatic carbocycles. The number of amides is 2. The van der Waals surface area contributed by atoms with Gasteiger partial charge in [0, 0.05) is 51.9 Å². The number of likely N-dealkylation sites (tertiary alicyclic amines) is 1. The Hall–Kier alpha value is -2.03. The molecule has 0 spiro atoms. The van der Waals surface area contributed by atoms with Crippen LogP contribution >= 0.6 is 11.6 Å². The Labute approximate surface area is 172 Å². The number of alkyl halides is 3. The Morgan fingerprint density at radius 2 is 1.86 bits per heavy atom. The number of nitrogens with zero attached hydrogens (tertiary/aromatic N) is 4. The fourth-order valence-corrected chi connectivity index (χ4v) is 4.13. The van der Waals surface area contributed by atoms with Crippen LogP contribution in [0, 0.1) is 5.92 Å². The van der Waals surface area contributed by atoms with E-state index in [0.717, 1.165) is 25.1 Å². The molecule has 160 valence electrons. The molecule has 0 aromatic carbocycles. The topological polar surface area (TPSA) is 56.8 Å². The molecule has 2 aliphatic heterocycles. The van der Waals surface area contributed by atoms with Crippen LogP contribution in [0.5, 0.6) is 0 Å². The van der Waals surface area contributed by atoms with Gasteiger partial charge in [0.15, 0.2) is 0 Å². The van der Waals surface area contributed by atoms with Crippen LogP contribution in [0.25, 0.3) is 0 Å². The molecule has 6 nitrogen and oxygen atoms in total. The fourth-order valence-electron chi connectivity index (χ4n) is 3.84. The summed E-state index contributed by atoms with van der Waals surface area (Å²) in [5, 5.41) is -0.0550. The van der Waals surface area contributed by atoms with Gasteiger partial charge in [0.1, 0.15) is 5.82 Å². The summed E-state index contributed by atoms with van der Waals surface area (Å²) in [5.74, 6) is 0.197. The summed E-state index contributed by atoms with van der Waals surface area (Å²) in [4.78, 5) is 34.0. The van der Waals surface area contributed by atoms with Crippen LogP contribution in [0.2, 0.25) is 5.02 Å². The van der Waals surface area contributed by atoms with Crippen molar-refractivity contribution in [2.24, 2.45) is 5.92 Å². The highest BCUT2D eigenvalue weighted by Gasteiger charge is 2.34. The van der Waals surface area contributed by atoms with E-state index in [9.17, 15) is 22.8 Å². The summed E-state index contributed by atoms with van der Waals surface area (Å²) in [6.45, 7) is 4.72. The molecule has 0 bridgehead atoms. The maximum absolute atomic E-state index is 12.9. The Balaban J connectivity index is 1.59. The van der Waals surface area contributed by atoms with E-state index >= 15 is 0 Å². The number of carbonyl (C=O) groups is 2. The van der Waals surface area contributed by atoms with Crippen molar-refractivity contribution in [1.29, 1.82) is 0 Å². The van der Waals surface area contributed by atoms with Crippen molar-refractivity contribution < 1.29 is 22.8 Å². The minimum absolute atomic E-state index is 0.0322. The van der Waals surface area contributed by atoms with Crippen LogP contribution in [0.4, 0.5) is 19.0 Å². The van der Waals surface area contributed by atoms with E-state index in [1.165, 1.54) is 0 Å². The summed E-state index contributed by atoms with van der Waals surface area (Å²) < 4.78 is 38.3. The zero-order chi connectivity index (χ0) is 21.2. The van der Waals surface area contributed by atoms with Gasteiger partial charge in [-0.1, -0.05) is 18.5 Å². The second-order valence-corrected chi connectivity index (χ2v) is 7.78. The Morgan fingerprint density at radius 1 is 1.17 bits per heavy atom. The predicted molar refractivity (Wildman–Crippen MR) is 103 cm³/mol. The molecule has 2 aliphatic rings. The van der Waals surface area contributed by atoms with E-state index in [-0.39, 0.29) is 22.8 Å². The van der Waals surface area contributed by atoms with Gasteiger partial charge >= 0.3 is 6.18 Å². The van der Waals surface area contributed by atoms with Gasteiger partial charge in [0.05, 0.1) is 16.5 Å². The molecule has 1 unspecified atom stereocenters. The first kappa shape index (κ1) is 21.7. The molecule has 3 heterocycles. The lowest BCUT2D eigenvalue weighted by atomic mass is 9.96. The first-order valence-corrected chi connectivity index (χ1v) is 10.1. The van der Waals surface area contributed by atoms with E-state index < -0.39 is 11.7 Å². The van der Waals surface area contributed by atoms with Crippen LogP contribution in [0.1, 0.15) is 31.7 Å². The molecule has 1 aromatic heterocycles. The van der Waals surface area contributed by atoms with E-state index in [1.807, 2.05) is 6.92 Å². The average molecular weight is 433 g/mol. The number of carbonyl (C=O) groups excluding carboxylic acids is 2. The number of hydrogen-bond donors (Lipinski definition) is 0. The lowest BCUT2D eigenvalue weighted by Gasteiger charge is -2.39. The highest BCUT2D eigenvalue weighted by atomic mass is 35.5. The molecular formula is C19H24ClF3N4O2. The molecule has 2 fully saturated rings. The molecule has 2 saturated heterocycles. The summed E-state index contributed by atoms with van der Waals surface area (Å²) in [7, 11) is 0. The van der Waals surface area contributed by atoms with Crippen molar-refractivity contribution >= 4 is 29.2 Å². The third-order valence-electron chi connectivity index (χ3n) is 5.47. The van der Waals surface area contributed by atoms with E-state index in [1.54, 1.807) is 14.7 Å². The zero-order valence-electron chi connectivity index (χ0n) is 16.2. The number of halogens is 4. The van der Waals surface area contributed by atoms with Crippen molar-refractivity contribution in [3.63, 3.8) is 0 Å². The molecule has 1 aromatic rings. The van der Waals surface area contributed by atoms with Crippen molar-refractivity contribution in [3.8, 4) is 0 Å². The first-order valence-electron chi connectivity index (χ1n) is 9.75. The predicted octanol–water partition coefficient (Wildman–Crippen LogP) is 3.05. The smallest absolute Gasteiger partial charge is 0.352 e. The van der Waals surface area contributed by atoms with Crippen molar-refractivity contribution in [1.82, 2.24) is 14.8 Å². The van der Waals surface area contributed by atoms with Gasteiger partial charge in [-0.05, 0) is 18.9 Å². The molecule has 0 N–H and O–H groups in total. The standard InChI is InChI=1S/C19H24ClF3N4O2/c1-2-16(28)27-5-3-4-13(12-27)18(29)26-8-6-25(7-9-26)17-15(20)10-14(11-24-17)19(21,22)23/h10-11,13H,2-9,12H2,1H3. The minimum atomic E-state index is -4.49. The van der Waals surface area contributed by atoms with Gasteiger partial charge in [-0.2, -0.15) is 13.2 Å². The number of piperidine rings is 1. The van der Waals surface area contributed by atoms with Gasteiger partial charge in [-0.3, -0.25) is 9.59 Å². The van der Waals surface area contributed by atoms with Crippen LogP contribution < -0.4 is 4.90 Å². The number of piperazine rings is 1. The molecule has 29 heavy (non-hydrogen) atoms. The summed E-state index contributed by atoms with van der Waals surface area (Å²) in [5.41, 5.74) is -0.886. The summed E-state index contributed by atoms with van der Waals surface area (Å²) in [6, 6.07) is 0.878. The van der Waals surface area contributed by atoms with E-state index in [0.29, 0.717) is 51.5 Å². The highest BCUT2D eigenvalue weighted by Crippen LogP contribution is 2.33. The molecule has 0 saturated carbocycles. The zero-order valence-corrected chi connectivity index (χ0v) is 17.0. The van der Waals surface area contributed by atoms with Crippen LogP contribution in [-0.2, 0) is 15.8 Å². The minimum Gasteiger partial charge on any atom is -0.352 e. The summed E-state index contributed by atoms with van der Waals surface area (Å²) in [6.07, 6.45) is -1.71. The van der Waals surface area contributed by atoms with Crippen LogP contribution in [0.15, 0.2) is 12.3 Å². The van der Waals surface area contributed by atoms with Crippen LogP contribution in [0.3, 0.4) is 0 Å². The third kappa shape index (κ3) is 4.94. The maximum Gasteiger partial charge on any atom is 0.417 e. The van der Waals surface area contributed by atoms with E-state index in [4.69, 9.17) is 11.6 Å². The normalized spacial score (nSPS) is 20.7. The average Bonchev–Trinajstić information content (AvgIpc) is 2.72. The number of hydrogen-bond acceptors (Lipinski definition) is 4. The maximum atomic E-state index is 12.9. The van der Waals surface area contributed by atoms with Gasteiger partial charge in [-0.25, -0.2) is 4.98 Å². The number of rotatable bonds is 3. The molecule has 0 radical (unpaired) electrons. The number of pyridine rings is 1. The lowest BCUT2D eigenvalue weighted by molar-refractivity contribution is -0.141. The van der Waals surface area contributed by atoms with Gasteiger partial charge in [-0.15, -0.1) is 0 Å². The number of anilines is 1. The first-order chi connectivity index (χ1) is 13.7. The Bertz CT molecular complexity index is 766. The van der Waals surface area contributed by atoms with Crippen molar-refractivity contribution in [2.45, 2.75) is 32.4 Å². The van der Waals surface area contributed by atoms with Gasteiger partial charge in [0.2, 0.25) is 11.8 Å². The van der Waals surface area contributed by atoms with Gasteiger partial charge < -0.3 is 14.7 Å². The second-order valence-electron chi connectivity index (χ2n) is 7.37. The van der Waals surface area contributed by atoms with Crippen molar-refractivity contribution in [2.75, 3.05) is 44.2 Å². The molecule has 10 heteroatoms. The monoisotopic (exact) mass is 432 g/mol. The molecular weight excluding hydrogens is 409 g/mol. The highest BCUT2D eigenvalue weighted by molar-refractivity contribution is 6.33. The third-order valence-corrected chi connectivity index (χ3v) is 5.74. The summed E-state index contributed by atoms with van der Waals surface area (Å²) >= 11 is 6.03. The fraction of sp³-hybridized carbons (Fsp3) is 0.632. The molecule has 1 atom stereocenters. The largest absolute Gasteiger partial charge is 0.417 e. The second kappa shape index (κ2) is 8.77.